The van der Waals surface area contributed by atoms with E-state index in [0.29, 0.717) is 24.1 Å². The first-order chi connectivity index (χ1) is 9.77. The molecule has 1 N–H and O–H groups in total. The van der Waals surface area contributed by atoms with E-state index in [1.54, 1.807) is 6.07 Å². The molecule has 0 bridgehead atoms. The Bertz CT molecular complexity index is 525. The fraction of sp³-hybridized carbons (Fsp3) is 0.500. The van der Waals surface area contributed by atoms with E-state index in [1.807, 2.05) is 4.90 Å². The third-order valence-electron chi connectivity index (χ3n) is 3.74. The Morgan fingerprint density at radius 1 is 1.33 bits per heavy atom. The molecular weight excluding hydrogens is 351 g/mol. The molecule has 0 radical (unpaired) electrons. The lowest BCUT2D eigenvalue weighted by molar-refractivity contribution is -0.185. The van der Waals surface area contributed by atoms with E-state index >= 15 is 0 Å². The predicted molar refractivity (Wildman–Crippen MR) is 75.2 cm³/mol. The number of carbonyl (C=O) groups is 1. The van der Waals surface area contributed by atoms with E-state index in [4.69, 9.17) is 5.11 Å². The van der Waals surface area contributed by atoms with Crippen LogP contribution in [-0.2, 0) is 6.54 Å². The van der Waals surface area contributed by atoms with Gasteiger partial charge in [-0.1, -0.05) is 22.0 Å². The normalized spacial score (nSPS) is 17.9. The Morgan fingerprint density at radius 2 is 1.95 bits per heavy atom. The SMILES string of the molecule is O=C(O)c1ccc(CN2CCC(C(F)(F)F)CC2)c(Br)c1. The number of nitrogens with zero attached hydrogens (tertiary/aromatic N) is 1. The summed E-state index contributed by atoms with van der Waals surface area (Å²) in [5, 5.41) is 8.89. The van der Waals surface area contributed by atoms with Crippen LogP contribution in [0.1, 0.15) is 28.8 Å². The second-order valence-corrected chi connectivity index (χ2v) is 6.06. The molecular formula is C14H15BrF3NO2. The van der Waals surface area contributed by atoms with Crippen molar-refractivity contribution in [3.05, 3.63) is 33.8 Å². The summed E-state index contributed by atoms with van der Waals surface area (Å²) >= 11 is 3.32. The van der Waals surface area contributed by atoms with Gasteiger partial charge in [0.2, 0.25) is 0 Å². The Morgan fingerprint density at radius 3 is 2.43 bits per heavy atom. The summed E-state index contributed by atoms with van der Waals surface area (Å²) < 4.78 is 38.5. The average Bonchev–Trinajstić information content (AvgIpc) is 2.40. The number of hydrogen-bond donors (Lipinski definition) is 1. The molecule has 1 aromatic carbocycles. The van der Waals surface area contributed by atoms with Crippen LogP contribution in [-0.4, -0.2) is 35.2 Å². The number of likely N-dealkylation sites (tertiary alicyclic amines) is 1. The van der Waals surface area contributed by atoms with Crippen LogP contribution >= 0.6 is 15.9 Å². The first-order valence-electron chi connectivity index (χ1n) is 6.58. The molecule has 21 heavy (non-hydrogen) atoms. The standard InChI is InChI=1S/C14H15BrF3NO2/c15-12-7-9(13(20)21)1-2-10(12)8-19-5-3-11(4-6-19)14(16,17)18/h1-2,7,11H,3-6,8H2,(H,20,21). The molecule has 0 aliphatic carbocycles. The van der Waals surface area contributed by atoms with Crippen molar-refractivity contribution in [3.63, 3.8) is 0 Å². The highest BCUT2D eigenvalue weighted by Gasteiger charge is 2.40. The van der Waals surface area contributed by atoms with Crippen LogP contribution in [0.5, 0.6) is 0 Å². The molecule has 1 fully saturated rings. The minimum absolute atomic E-state index is 0.119. The molecule has 0 spiro atoms. The minimum Gasteiger partial charge on any atom is -0.478 e. The van der Waals surface area contributed by atoms with E-state index in [0.717, 1.165) is 5.56 Å². The maximum atomic E-state index is 12.6. The molecule has 0 saturated carbocycles. The highest BCUT2D eigenvalue weighted by Crippen LogP contribution is 2.34. The summed E-state index contributed by atoms with van der Waals surface area (Å²) in [5.74, 6) is -2.21. The lowest BCUT2D eigenvalue weighted by Gasteiger charge is -2.33. The number of rotatable bonds is 3. The highest BCUT2D eigenvalue weighted by molar-refractivity contribution is 9.10. The first-order valence-corrected chi connectivity index (χ1v) is 7.37. The minimum atomic E-state index is -4.10. The zero-order chi connectivity index (χ0) is 15.6. The summed E-state index contributed by atoms with van der Waals surface area (Å²) in [6, 6.07) is 4.72. The van der Waals surface area contributed by atoms with Crippen molar-refractivity contribution in [3.8, 4) is 0 Å². The quantitative estimate of drug-likeness (QED) is 0.882. The number of carboxylic acids is 1. The molecule has 3 nitrogen and oxygen atoms in total. The first kappa shape index (κ1) is 16.3. The maximum Gasteiger partial charge on any atom is 0.391 e. The van der Waals surface area contributed by atoms with E-state index in [2.05, 4.69) is 15.9 Å². The fourth-order valence-electron chi connectivity index (χ4n) is 2.47. The molecule has 116 valence electrons. The van der Waals surface area contributed by atoms with Gasteiger partial charge in [-0.2, -0.15) is 13.2 Å². The zero-order valence-electron chi connectivity index (χ0n) is 11.2. The van der Waals surface area contributed by atoms with Gasteiger partial charge in [0, 0.05) is 11.0 Å². The second-order valence-electron chi connectivity index (χ2n) is 5.20. The molecule has 1 aliphatic rings. The van der Waals surface area contributed by atoms with Crippen molar-refractivity contribution in [2.24, 2.45) is 5.92 Å². The summed E-state index contributed by atoms with van der Waals surface area (Å²) in [4.78, 5) is 12.8. The van der Waals surface area contributed by atoms with E-state index in [1.165, 1.54) is 12.1 Å². The molecule has 1 saturated heterocycles. The van der Waals surface area contributed by atoms with E-state index in [-0.39, 0.29) is 18.4 Å². The van der Waals surface area contributed by atoms with Crippen molar-refractivity contribution in [2.45, 2.75) is 25.6 Å². The largest absolute Gasteiger partial charge is 0.478 e. The maximum absolute atomic E-state index is 12.6. The lowest BCUT2D eigenvalue weighted by atomic mass is 9.96. The van der Waals surface area contributed by atoms with Crippen molar-refractivity contribution < 1.29 is 23.1 Å². The third kappa shape index (κ3) is 4.20. The molecule has 7 heteroatoms. The number of hydrogen-bond acceptors (Lipinski definition) is 2. The summed E-state index contributed by atoms with van der Waals surface area (Å²) in [6.45, 7) is 1.32. The Kier molecular flexibility index (Phi) is 4.93. The van der Waals surface area contributed by atoms with Crippen LogP contribution < -0.4 is 0 Å². The molecule has 1 heterocycles. The van der Waals surface area contributed by atoms with Gasteiger partial charge in [0.15, 0.2) is 0 Å². The predicted octanol–water partition coefficient (Wildman–Crippen LogP) is 3.92. The fourth-order valence-corrected chi connectivity index (χ4v) is 2.97. The number of aromatic carboxylic acids is 1. The van der Waals surface area contributed by atoms with Gasteiger partial charge in [-0.3, -0.25) is 4.90 Å². The van der Waals surface area contributed by atoms with Crippen molar-refractivity contribution in [1.29, 1.82) is 0 Å². The smallest absolute Gasteiger partial charge is 0.391 e. The van der Waals surface area contributed by atoms with Crippen LogP contribution in [0.2, 0.25) is 0 Å². The number of benzene rings is 1. The summed E-state index contributed by atoms with van der Waals surface area (Å²) in [7, 11) is 0. The van der Waals surface area contributed by atoms with Gasteiger partial charge in [0.25, 0.3) is 0 Å². The number of halogens is 4. The van der Waals surface area contributed by atoms with Crippen LogP contribution in [0.25, 0.3) is 0 Å². The van der Waals surface area contributed by atoms with Gasteiger partial charge in [-0.15, -0.1) is 0 Å². The molecule has 0 amide bonds. The molecule has 1 aliphatic heterocycles. The molecule has 2 rings (SSSR count). The van der Waals surface area contributed by atoms with Gasteiger partial charge < -0.3 is 5.11 Å². The Balaban J connectivity index is 1.96. The highest BCUT2D eigenvalue weighted by atomic mass is 79.9. The monoisotopic (exact) mass is 365 g/mol. The topological polar surface area (TPSA) is 40.5 Å². The van der Waals surface area contributed by atoms with Crippen molar-refractivity contribution >= 4 is 21.9 Å². The summed E-state index contributed by atoms with van der Waals surface area (Å²) in [5.41, 5.74) is 1.06. The van der Waals surface area contributed by atoms with Gasteiger partial charge in [0.1, 0.15) is 0 Å². The van der Waals surface area contributed by atoms with Gasteiger partial charge in [-0.05, 0) is 43.6 Å². The second kappa shape index (κ2) is 6.36. The van der Waals surface area contributed by atoms with Crippen LogP contribution in [0.3, 0.4) is 0 Å². The molecule has 0 unspecified atom stereocenters. The van der Waals surface area contributed by atoms with Crippen LogP contribution in [0.15, 0.2) is 22.7 Å². The number of alkyl halides is 3. The van der Waals surface area contributed by atoms with E-state index < -0.39 is 18.1 Å². The average molecular weight is 366 g/mol. The molecule has 0 aromatic heterocycles. The van der Waals surface area contributed by atoms with Crippen molar-refractivity contribution in [2.75, 3.05) is 13.1 Å². The zero-order valence-corrected chi connectivity index (χ0v) is 12.7. The van der Waals surface area contributed by atoms with E-state index in [9.17, 15) is 18.0 Å². The Labute approximate surface area is 128 Å². The van der Waals surface area contributed by atoms with Gasteiger partial charge >= 0.3 is 12.1 Å². The number of carboxylic acid groups (broad SMARTS) is 1. The van der Waals surface area contributed by atoms with Crippen LogP contribution in [0, 0.1) is 5.92 Å². The lowest BCUT2D eigenvalue weighted by Crippen LogP contribution is -2.38. The van der Waals surface area contributed by atoms with Gasteiger partial charge in [-0.25, -0.2) is 4.79 Å². The summed E-state index contributed by atoms with van der Waals surface area (Å²) in [6.07, 6.45) is -3.86. The van der Waals surface area contributed by atoms with Crippen molar-refractivity contribution in [1.82, 2.24) is 4.90 Å². The third-order valence-corrected chi connectivity index (χ3v) is 4.48. The van der Waals surface area contributed by atoms with Gasteiger partial charge in [0.05, 0.1) is 11.5 Å². The number of piperidine rings is 1. The Hall–Kier alpha value is -1.08. The molecule has 0 atom stereocenters. The van der Waals surface area contributed by atoms with Crippen LogP contribution in [0.4, 0.5) is 13.2 Å². The molecule has 1 aromatic rings.